The molecule has 2 heteroatoms. The monoisotopic (exact) mass is 158 g/mol. The van der Waals surface area contributed by atoms with Crippen molar-refractivity contribution in [1.82, 2.24) is 0 Å². The van der Waals surface area contributed by atoms with E-state index in [-0.39, 0.29) is 5.41 Å². The fraction of sp³-hybridized carbons (Fsp3) is 0.875. The topological polar surface area (TPSA) is 17.1 Å². The van der Waals surface area contributed by atoms with E-state index in [1.165, 1.54) is 18.6 Å². The van der Waals surface area contributed by atoms with Crippen molar-refractivity contribution in [2.75, 3.05) is 5.75 Å². The third kappa shape index (κ3) is 1.54. The van der Waals surface area contributed by atoms with Crippen LogP contribution >= 0.6 is 11.8 Å². The Morgan fingerprint density at radius 1 is 1.60 bits per heavy atom. The van der Waals surface area contributed by atoms with Gasteiger partial charge in [0.05, 0.1) is 0 Å². The molecule has 0 aromatic carbocycles. The molecule has 1 unspecified atom stereocenters. The molecule has 0 N–H and O–H groups in total. The molecule has 0 spiro atoms. The second kappa shape index (κ2) is 2.95. The van der Waals surface area contributed by atoms with Crippen LogP contribution in [0.5, 0.6) is 0 Å². The van der Waals surface area contributed by atoms with Crippen LogP contribution in [0.4, 0.5) is 0 Å². The SMILES string of the molecule is CC(C)(C=O)C1CCCS1. The smallest absolute Gasteiger partial charge is 0.126 e. The molecular formula is C8H14OS. The van der Waals surface area contributed by atoms with E-state index >= 15 is 0 Å². The van der Waals surface area contributed by atoms with E-state index in [0.29, 0.717) is 5.25 Å². The van der Waals surface area contributed by atoms with Gasteiger partial charge in [0, 0.05) is 10.7 Å². The second-order valence-corrected chi connectivity index (χ2v) is 4.75. The Hall–Kier alpha value is 0.0200. The summed E-state index contributed by atoms with van der Waals surface area (Å²) in [4.78, 5) is 10.6. The average Bonchev–Trinajstić information content (AvgIpc) is 2.38. The molecule has 10 heavy (non-hydrogen) atoms. The largest absolute Gasteiger partial charge is 0.303 e. The standard InChI is InChI=1S/C8H14OS/c1-8(2,6-9)7-4-3-5-10-7/h6-7H,3-5H2,1-2H3. The van der Waals surface area contributed by atoms with Gasteiger partial charge in [-0.05, 0) is 18.6 Å². The highest BCUT2D eigenvalue weighted by molar-refractivity contribution is 8.00. The van der Waals surface area contributed by atoms with Gasteiger partial charge in [-0.3, -0.25) is 0 Å². The van der Waals surface area contributed by atoms with Crippen molar-refractivity contribution < 1.29 is 4.79 Å². The number of thioether (sulfide) groups is 1. The van der Waals surface area contributed by atoms with Gasteiger partial charge in [0.1, 0.15) is 6.29 Å². The van der Waals surface area contributed by atoms with Crippen LogP contribution in [0.2, 0.25) is 0 Å². The third-order valence-electron chi connectivity index (χ3n) is 2.06. The number of carbonyl (C=O) groups excluding carboxylic acids is 1. The van der Waals surface area contributed by atoms with Crippen LogP contribution in [0.3, 0.4) is 0 Å². The Labute approximate surface area is 66.6 Å². The lowest BCUT2D eigenvalue weighted by Crippen LogP contribution is -2.25. The van der Waals surface area contributed by atoms with Crippen LogP contribution in [0.25, 0.3) is 0 Å². The van der Waals surface area contributed by atoms with Crippen molar-refractivity contribution in [3.05, 3.63) is 0 Å². The molecule has 1 saturated heterocycles. The Bertz CT molecular complexity index is 125. The maximum atomic E-state index is 10.6. The molecule has 0 bridgehead atoms. The number of hydrogen-bond donors (Lipinski definition) is 0. The molecule has 1 aliphatic rings. The van der Waals surface area contributed by atoms with Crippen LogP contribution < -0.4 is 0 Å². The zero-order valence-electron chi connectivity index (χ0n) is 6.59. The fourth-order valence-corrected chi connectivity index (χ4v) is 2.68. The summed E-state index contributed by atoms with van der Waals surface area (Å²) in [5.41, 5.74) is -0.0961. The van der Waals surface area contributed by atoms with E-state index < -0.39 is 0 Å². The lowest BCUT2D eigenvalue weighted by Gasteiger charge is -2.23. The molecule has 0 amide bonds. The van der Waals surface area contributed by atoms with Crippen LogP contribution in [0.1, 0.15) is 26.7 Å². The highest BCUT2D eigenvalue weighted by Crippen LogP contribution is 2.37. The number of carbonyl (C=O) groups is 1. The Kier molecular flexibility index (Phi) is 2.40. The quantitative estimate of drug-likeness (QED) is 0.572. The van der Waals surface area contributed by atoms with Crippen molar-refractivity contribution in [1.29, 1.82) is 0 Å². The molecule has 58 valence electrons. The van der Waals surface area contributed by atoms with E-state index in [1.807, 2.05) is 25.6 Å². The van der Waals surface area contributed by atoms with E-state index in [9.17, 15) is 4.79 Å². The first-order valence-corrected chi connectivity index (χ1v) is 4.79. The Morgan fingerprint density at radius 3 is 2.70 bits per heavy atom. The summed E-state index contributed by atoms with van der Waals surface area (Å²) in [6.45, 7) is 4.06. The minimum absolute atomic E-state index is 0.0961. The molecular weight excluding hydrogens is 144 g/mol. The molecule has 1 heterocycles. The summed E-state index contributed by atoms with van der Waals surface area (Å²) in [6.07, 6.45) is 3.60. The fourth-order valence-electron chi connectivity index (χ4n) is 1.24. The van der Waals surface area contributed by atoms with Crippen molar-refractivity contribution in [3.8, 4) is 0 Å². The maximum Gasteiger partial charge on any atom is 0.126 e. The highest BCUT2D eigenvalue weighted by atomic mass is 32.2. The van der Waals surface area contributed by atoms with Crippen LogP contribution in [-0.2, 0) is 4.79 Å². The lowest BCUT2D eigenvalue weighted by atomic mass is 9.89. The molecule has 1 atom stereocenters. The van der Waals surface area contributed by atoms with Crippen molar-refractivity contribution >= 4 is 18.0 Å². The van der Waals surface area contributed by atoms with Crippen LogP contribution in [0.15, 0.2) is 0 Å². The number of hydrogen-bond acceptors (Lipinski definition) is 2. The predicted octanol–water partition coefficient (Wildman–Crippen LogP) is 2.11. The minimum atomic E-state index is -0.0961. The van der Waals surface area contributed by atoms with Gasteiger partial charge in [-0.25, -0.2) is 0 Å². The zero-order chi connectivity index (χ0) is 7.61. The summed E-state index contributed by atoms with van der Waals surface area (Å²) in [5, 5.41) is 0.574. The first-order chi connectivity index (χ1) is 4.67. The molecule has 1 rings (SSSR count). The van der Waals surface area contributed by atoms with Gasteiger partial charge >= 0.3 is 0 Å². The third-order valence-corrected chi connectivity index (χ3v) is 3.83. The summed E-state index contributed by atoms with van der Waals surface area (Å²) >= 11 is 1.94. The summed E-state index contributed by atoms with van der Waals surface area (Å²) in [7, 11) is 0. The van der Waals surface area contributed by atoms with Crippen molar-refractivity contribution in [3.63, 3.8) is 0 Å². The van der Waals surface area contributed by atoms with Crippen molar-refractivity contribution in [2.45, 2.75) is 31.9 Å². The van der Waals surface area contributed by atoms with Gasteiger partial charge in [0.15, 0.2) is 0 Å². The van der Waals surface area contributed by atoms with Gasteiger partial charge < -0.3 is 4.79 Å². The lowest BCUT2D eigenvalue weighted by molar-refractivity contribution is -0.114. The van der Waals surface area contributed by atoms with Gasteiger partial charge in [-0.15, -0.1) is 0 Å². The molecule has 0 saturated carbocycles. The van der Waals surface area contributed by atoms with E-state index in [2.05, 4.69) is 0 Å². The number of aldehydes is 1. The zero-order valence-corrected chi connectivity index (χ0v) is 7.41. The Balaban J connectivity index is 2.53. The van der Waals surface area contributed by atoms with Gasteiger partial charge in [0.2, 0.25) is 0 Å². The van der Waals surface area contributed by atoms with E-state index in [4.69, 9.17) is 0 Å². The van der Waals surface area contributed by atoms with E-state index in [1.54, 1.807) is 0 Å². The molecule has 0 aromatic heterocycles. The molecule has 0 radical (unpaired) electrons. The van der Waals surface area contributed by atoms with Crippen LogP contribution in [-0.4, -0.2) is 17.3 Å². The average molecular weight is 158 g/mol. The maximum absolute atomic E-state index is 10.6. The summed E-state index contributed by atoms with van der Waals surface area (Å²) < 4.78 is 0. The Morgan fingerprint density at radius 2 is 2.30 bits per heavy atom. The van der Waals surface area contributed by atoms with Crippen LogP contribution in [0, 0.1) is 5.41 Å². The summed E-state index contributed by atoms with van der Waals surface area (Å²) in [6, 6.07) is 0. The highest BCUT2D eigenvalue weighted by Gasteiger charge is 2.31. The van der Waals surface area contributed by atoms with E-state index in [0.717, 1.165) is 6.29 Å². The summed E-state index contributed by atoms with van der Waals surface area (Å²) in [5.74, 6) is 1.24. The van der Waals surface area contributed by atoms with Gasteiger partial charge in [0.25, 0.3) is 0 Å². The molecule has 0 aromatic rings. The molecule has 0 aliphatic carbocycles. The normalized spacial score (nSPS) is 26.8. The first-order valence-electron chi connectivity index (χ1n) is 3.75. The molecule has 1 nitrogen and oxygen atoms in total. The van der Waals surface area contributed by atoms with Gasteiger partial charge in [-0.1, -0.05) is 13.8 Å². The molecule has 1 fully saturated rings. The number of rotatable bonds is 2. The predicted molar refractivity (Wildman–Crippen MR) is 45.3 cm³/mol. The molecule has 1 aliphatic heterocycles. The van der Waals surface area contributed by atoms with Gasteiger partial charge in [-0.2, -0.15) is 11.8 Å². The van der Waals surface area contributed by atoms with Crippen molar-refractivity contribution in [2.24, 2.45) is 5.41 Å². The first kappa shape index (κ1) is 8.12. The minimum Gasteiger partial charge on any atom is -0.303 e. The second-order valence-electron chi connectivity index (χ2n) is 3.44.